The summed E-state index contributed by atoms with van der Waals surface area (Å²) in [5.74, 6) is 7.10. The molecule has 1 fully saturated rings. The Morgan fingerprint density at radius 3 is 2.54 bits per heavy atom. The molecule has 2 amide bonds. The van der Waals surface area contributed by atoms with Gasteiger partial charge in [-0.05, 0) is 44.9 Å². The molecule has 0 spiro atoms. The van der Waals surface area contributed by atoms with Gasteiger partial charge in [-0.2, -0.15) is 9.97 Å². The number of nitrogens with one attached hydrogen (secondary N) is 2. The molecule has 0 radical (unpaired) electrons. The molecule has 4 aromatic rings. The van der Waals surface area contributed by atoms with Crippen LogP contribution in [0.2, 0.25) is 0 Å². The Hall–Kier alpha value is -5.68. The molecule has 52 heavy (non-hydrogen) atoms. The number of nitrogens with two attached hydrogens (primary N) is 1. The first-order valence-electron chi connectivity index (χ1n) is 16.7. The van der Waals surface area contributed by atoms with E-state index in [-0.39, 0.29) is 42.0 Å². The standard InChI is InChI=1S/C33H41N11O8/c1-6-35-29(47)25-23(45)24(46)31(52-25)44-16-37-21-26(34)39-32(40-27(21)44)36-13-14-51-18-11-9-17(15-19(18)50-5)10-12-20-38-28-22(41(20)4)30(48)43(8-3)33(49)42(28)7-2/h9,11,15-16,23-25,31,33,45-46,49H,6-8,13-14H2,1-5H3,(H,35,47)(H3,34,36,39,40)/t23-,24+,25?,31+,33?/m0/s1. The molecule has 1 aromatic carbocycles. The summed E-state index contributed by atoms with van der Waals surface area (Å²) < 4.78 is 20.2. The van der Waals surface area contributed by atoms with Crippen molar-refractivity contribution >= 4 is 40.6 Å². The van der Waals surface area contributed by atoms with Gasteiger partial charge in [-0.15, -0.1) is 0 Å². The van der Waals surface area contributed by atoms with Gasteiger partial charge in [-0.3, -0.25) is 19.1 Å². The van der Waals surface area contributed by atoms with Crippen LogP contribution in [0.3, 0.4) is 0 Å². The van der Waals surface area contributed by atoms with E-state index in [4.69, 9.17) is 19.9 Å². The number of imidazole rings is 2. The Morgan fingerprint density at radius 1 is 1.06 bits per heavy atom. The highest BCUT2D eigenvalue weighted by Gasteiger charge is 2.47. The number of rotatable bonds is 11. The minimum absolute atomic E-state index is 0.0689. The Kier molecular flexibility index (Phi) is 10.3. The van der Waals surface area contributed by atoms with E-state index in [1.165, 1.54) is 22.9 Å². The summed E-state index contributed by atoms with van der Waals surface area (Å²) in [5.41, 5.74) is 7.60. The second kappa shape index (κ2) is 14.9. The number of ether oxygens (including phenoxy) is 3. The molecular weight excluding hydrogens is 678 g/mol. The predicted molar refractivity (Wildman–Crippen MR) is 186 cm³/mol. The molecule has 5 atom stereocenters. The van der Waals surface area contributed by atoms with Crippen LogP contribution >= 0.6 is 0 Å². The van der Waals surface area contributed by atoms with Crippen molar-refractivity contribution in [2.45, 2.75) is 51.7 Å². The average Bonchev–Trinajstić information content (AvgIpc) is 3.79. The maximum absolute atomic E-state index is 13.1. The minimum Gasteiger partial charge on any atom is -0.493 e. The third kappa shape index (κ3) is 6.48. The summed E-state index contributed by atoms with van der Waals surface area (Å²) in [6.07, 6.45) is -5.08. The van der Waals surface area contributed by atoms with Crippen LogP contribution in [0.1, 0.15) is 48.9 Å². The zero-order chi connectivity index (χ0) is 37.3. The number of aliphatic hydroxyl groups is 3. The second-order valence-electron chi connectivity index (χ2n) is 11.9. The Bertz CT molecular complexity index is 2040. The van der Waals surface area contributed by atoms with Gasteiger partial charge in [0.2, 0.25) is 12.3 Å². The Labute approximate surface area is 298 Å². The van der Waals surface area contributed by atoms with Crippen LogP contribution in [0, 0.1) is 11.8 Å². The maximum atomic E-state index is 13.1. The van der Waals surface area contributed by atoms with Gasteiger partial charge in [0.15, 0.2) is 52.6 Å². The van der Waals surface area contributed by atoms with Crippen molar-refractivity contribution < 1.29 is 39.1 Å². The molecule has 19 nitrogen and oxygen atoms in total. The molecule has 5 heterocycles. The van der Waals surface area contributed by atoms with Gasteiger partial charge in [0.25, 0.3) is 11.8 Å². The van der Waals surface area contributed by atoms with E-state index in [9.17, 15) is 24.9 Å². The Morgan fingerprint density at radius 2 is 1.83 bits per heavy atom. The summed E-state index contributed by atoms with van der Waals surface area (Å²) in [4.78, 5) is 46.0. The highest BCUT2D eigenvalue weighted by Crippen LogP contribution is 2.33. The molecule has 0 aliphatic carbocycles. The number of carbonyl (C=O) groups excluding carboxylic acids is 2. The number of nitrogen functional groups attached to an aromatic ring is 1. The largest absolute Gasteiger partial charge is 0.493 e. The molecule has 1 saturated heterocycles. The highest BCUT2D eigenvalue weighted by atomic mass is 16.6. The third-order valence-electron chi connectivity index (χ3n) is 8.75. The molecule has 2 aliphatic heterocycles. The molecule has 0 bridgehead atoms. The summed E-state index contributed by atoms with van der Waals surface area (Å²) in [6.45, 7) is 6.97. The van der Waals surface area contributed by atoms with Gasteiger partial charge in [-0.1, -0.05) is 5.92 Å². The first kappa shape index (κ1) is 36.1. The number of nitrogens with zero attached hydrogens (tertiary/aromatic N) is 8. The van der Waals surface area contributed by atoms with Crippen LogP contribution in [-0.4, -0.2) is 126 Å². The average molecular weight is 720 g/mol. The van der Waals surface area contributed by atoms with Crippen molar-refractivity contribution in [3.8, 4) is 23.3 Å². The lowest BCUT2D eigenvalue weighted by atomic mass is 10.1. The van der Waals surface area contributed by atoms with Crippen molar-refractivity contribution in [2.24, 2.45) is 7.05 Å². The lowest BCUT2D eigenvalue weighted by molar-refractivity contribution is -0.137. The number of methoxy groups -OCH3 is 1. The van der Waals surface area contributed by atoms with Gasteiger partial charge >= 0.3 is 0 Å². The fraction of sp³-hybridized carbons (Fsp3) is 0.455. The molecule has 7 N–H and O–H groups in total. The number of likely N-dealkylation sites (N-methyl/N-ethyl adjacent to an activating group) is 1. The van der Waals surface area contributed by atoms with E-state index in [1.54, 1.807) is 48.6 Å². The summed E-state index contributed by atoms with van der Waals surface area (Å²) in [5, 5.41) is 37.4. The topological polar surface area (TPSA) is 240 Å². The number of carbonyl (C=O) groups is 2. The van der Waals surface area contributed by atoms with Crippen LogP contribution in [0.5, 0.6) is 11.5 Å². The molecule has 2 aliphatic rings. The van der Waals surface area contributed by atoms with Crippen molar-refractivity contribution in [1.82, 2.24) is 39.3 Å². The van der Waals surface area contributed by atoms with Crippen LogP contribution in [0.4, 0.5) is 17.6 Å². The fourth-order valence-corrected chi connectivity index (χ4v) is 6.07. The molecule has 6 rings (SSSR count). The smallest absolute Gasteiger partial charge is 0.277 e. The quantitative estimate of drug-likeness (QED) is 0.0836. The number of fused-ring (bicyclic) bond motifs is 2. The van der Waals surface area contributed by atoms with Gasteiger partial charge in [0.05, 0.1) is 20.0 Å². The van der Waals surface area contributed by atoms with Gasteiger partial charge in [0.1, 0.15) is 24.3 Å². The number of aliphatic hydroxyl groups excluding tert-OH is 3. The van der Waals surface area contributed by atoms with Crippen LogP contribution in [-0.2, 0) is 16.6 Å². The van der Waals surface area contributed by atoms with Crippen LogP contribution < -0.4 is 30.7 Å². The summed E-state index contributed by atoms with van der Waals surface area (Å²) in [7, 11) is 3.23. The number of benzene rings is 1. The van der Waals surface area contributed by atoms with Gasteiger partial charge in [0, 0.05) is 32.2 Å². The van der Waals surface area contributed by atoms with E-state index in [2.05, 4.69) is 42.4 Å². The number of anilines is 3. The van der Waals surface area contributed by atoms with E-state index >= 15 is 0 Å². The van der Waals surface area contributed by atoms with E-state index in [0.29, 0.717) is 54.0 Å². The number of aromatic nitrogens is 6. The maximum Gasteiger partial charge on any atom is 0.277 e. The molecule has 19 heteroatoms. The molecule has 3 aromatic heterocycles. The number of amides is 2. The van der Waals surface area contributed by atoms with E-state index in [1.807, 2.05) is 6.92 Å². The third-order valence-corrected chi connectivity index (χ3v) is 8.75. The van der Waals surface area contributed by atoms with Crippen LogP contribution in [0.15, 0.2) is 24.5 Å². The summed E-state index contributed by atoms with van der Waals surface area (Å²) >= 11 is 0. The highest BCUT2D eigenvalue weighted by molar-refractivity contribution is 5.99. The first-order valence-corrected chi connectivity index (χ1v) is 16.7. The van der Waals surface area contributed by atoms with Gasteiger partial charge in [-0.25, -0.2) is 9.97 Å². The summed E-state index contributed by atoms with van der Waals surface area (Å²) in [6, 6.07) is 5.20. The van der Waals surface area contributed by atoms with Crippen molar-refractivity contribution in [3.05, 3.63) is 41.6 Å². The van der Waals surface area contributed by atoms with E-state index in [0.717, 1.165) is 0 Å². The normalized spacial score (nSPS) is 21.2. The Balaban J connectivity index is 1.12. The molecule has 0 saturated carbocycles. The zero-order valence-corrected chi connectivity index (χ0v) is 29.3. The van der Waals surface area contributed by atoms with Crippen LogP contribution in [0.25, 0.3) is 11.2 Å². The lowest BCUT2D eigenvalue weighted by Crippen LogP contribution is -2.55. The van der Waals surface area contributed by atoms with Crippen molar-refractivity contribution in [1.29, 1.82) is 0 Å². The lowest BCUT2D eigenvalue weighted by Gasteiger charge is -2.39. The predicted octanol–water partition coefficient (Wildman–Crippen LogP) is -0.625. The molecule has 2 unspecified atom stereocenters. The minimum atomic E-state index is -1.46. The van der Waals surface area contributed by atoms with Gasteiger partial charge < -0.3 is 55.4 Å². The van der Waals surface area contributed by atoms with E-state index < -0.39 is 36.8 Å². The zero-order valence-electron chi connectivity index (χ0n) is 29.3. The van der Waals surface area contributed by atoms with Crippen molar-refractivity contribution in [2.75, 3.05) is 55.8 Å². The number of hydrogen-bond donors (Lipinski definition) is 6. The van der Waals surface area contributed by atoms with Crippen molar-refractivity contribution in [3.63, 3.8) is 0 Å². The monoisotopic (exact) mass is 719 g/mol. The first-order chi connectivity index (χ1) is 25.0. The second-order valence-corrected chi connectivity index (χ2v) is 11.9. The number of hydrogen-bond acceptors (Lipinski definition) is 15. The fourth-order valence-electron chi connectivity index (χ4n) is 6.07. The molecular formula is C33H41N11O8. The SMILES string of the molecule is CCNC(=O)C1O[C@@H](n2cnc3c(N)nc(NCCOc4ccc(C#Cc5nc6c(n5C)C(=O)N(CC)C(O)N6CC)cc4OC)nc32)[C@H](O)[C@@H]1O. The molecule has 276 valence electrons.